The number of carbonyl (C=O) groups excluding carboxylic acids is 1. The molecule has 4 bridgehead atoms. The van der Waals surface area contributed by atoms with Gasteiger partial charge in [0.2, 0.25) is 0 Å². The summed E-state index contributed by atoms with van der Waals surface area (Å²) in [5.74, 6) is 0.103. The third-order valence-corrected chi connectivity index (χ3v) is 5.73. The molecule has 6 heteroatoms. The zero-order chi connectivity index (χ0) is 16.3. The highest BCUT2D eigenvalue weighted by Crippen LogP contribution is 2.43. The van der Waals surface area contributed by atoms with E-state index in [0.717, 1.165) is 36.7 Å². The second-order valence-electron chi connectivity index (χ2n) is 7.16. The Morgan fingerprint density at radius 2 is 2.12 bits per heavy atom. The van der Waals surface area contributed by atoms with Crippen LogP contribution in [0, 0.1) is 5.92 Å². The van der Waals surface area contributed by atoms with Crippen molar-refractivity contribution in [3.8, 4) is 0 Å². The van der Waals surface area contributed by atoms with Crippen molar-refractivity contribution in [1.29, 1.82) is 0 Å². The van der Waals surface area contributed by atoms with Crippen LogP contribution in [0.4, 0.5) is 0 Å². The molecule has 5 heterocycles. The van der Waals surface area contributed by atoms with Gasteiger partial charge in [0.1, 0.15) is 6.10 Å². The topological polar surface area (TPSA) is 65.6 Å². The summed E-state index contributed by atoms with van der Waals surface area (Å²) < 4.78 is 5.79. The molecule has 0 saturated carbocycles. The Balaban J connectivity index is 0.00000157. The number of piperidine rings is 3. The summed E-state index contributed by atoms with van der Waals surface area (Å²) in [7, 11) is 0. The smallest absolute Gasteiger partial charge is 0.340 e. The van der Waals surface area contributed by atoms with Crippen molar-refractivity contribution in [3.05, 3.63) is 47.8 Å². The predicted molar refractivity (Wildman–Crippen MR) is 96.7 cm³/mol. The van der Waals surface area contributed by atoms with E-state index in [0.29, 0.717) is 17.5 Å². The Kier molecular flexibility index (Phi) is 4.01. The summed E-state index contributed by atoms with van der Waals surface area (Å²) in [4.78, 5) is 18.0. The minimum atomic E-state index is -0.269. The number of ether oxygens (including phenoxy) is 1. The van der Waals surface area contributed by atoms with Gasteiger partial charge in [-0.05, 0) is 30.9 Å². The van der Waals surface area contributed by atoms with Gasteiger partial charge in [-0.1, -0.05) is 18.2 Å². The monoisotopic (exact) mass is 360 g/mol. The molecule has 3 fully saturated rings. The molecule has 132 valence electrons. The van der Waals surface area contributed by atoms with Gasteiger partial charge in [0.15, 0.2) is 0 Å². The van der Waals surface area contributed by atoms with Gasteiger partial charge in [-0.3, -0.25) is 0 Å². The van der Waals surface area contributed by atoms with E-state index in [9.17, 15) is 9.90 Å². The highest BCUT2D eigenvalue weighted by atomic mass is 35.5. The van der Waals surface area contributed by atoms with E-state index < -0.39 is 0 Å². The van der Waals surface area contributed by atoms with E-state index in [1.165, 1.54) is 5.70 Å². The Morgan fingerprint density at radius 1 is 1.28 bits per heavy atom. The number of aromatic nitrogens is 1. The van der Waals surface area contributed by atoms with Crippen molar-refractivity contribution in [2.24, 2.45) is 5.92 Å². The van der Waals surface area contributed by atoms with Crippen LogP contribution in [0.15, 0.2) is 42.2 Å². The molecular formula is C19H21ClN2O3. The first-order valence-electron chi connectivity index (χ1n) is 8.61. The molecule has 2 aromatic rings. The predicted octanol–water partition coefficient (Wildman–Crippen LogP) is 2.86. The minimum Gasteiger partial charge on any atom is -0.454 e. The molecule has 1 aromatic carbocycles. The summed E-state index contributed by atoms with van der Waals surface area (Å²) in [6.45, 7) is 0.726. The van der Waals surface area contributed by atoms with Gasteiger partial charge in [-0.15, -0.1) is 12.4 Å². The molecule has 2 N–H and O–H groups in total. The third-order valence-electron chi connectivity index (χ3n) is 5.73. The normalized spacial score (nSPS) is 30.0. The van der Waals surface area contributed by atoms with Gasteiger partial charge in [-0.25, -0.2) is 4.79 Å². The molecule has 0 spiro atoms. The van der Waals surface area contributed by atoms with E-state index in [4.69, 9.17) is 4.74 Å². The van der Waals surface area contributed by atoms with E-state index in [2.05, 4.69) is 16.0 Å². The Bertz CT molecular complexity index is 846. The lowest BCUT2D eigenvalue weighted by Crippen LogP contribution is -2.57. The van der Waals surface area contributed by atoms with Crippen LogP contribution in [-0.2, 0) is 4.74 Å². The Morgan fingerprint density at radius 3 is 2.92 bits per heavy atom. The number of para-hydroxylation sites is 1. The van der Waals surface area contributed by atoms with Crippen LogP contribution < -0.4 is 0 Å². The molecule has 0 radical (unpaired) electrons. The van der Waals surface area contributed by atoms with Crippen LogP contribution in [-0.4, -0.2) is 45.8 Å². The summed E-state index contributed by atoms with van der Waals surface area (Å²) in [6, 6.07) is 8.15. The molecule has 4 unspecified atom stereocenters. The minimum absolute atomic E-state index is 0. The van der Waals surface area contributed by atoms with Crippen molar-refractivity contribution in [2.75, 3.05) is 6.54 Å². The summed E-state index contributed by atoms with van der Waals surface area (Å²) >= 11 is 0. The lowest BCUT2D eigenvalue weighted by molar-refractivity contribution is -0.0511. The molecule has 3 saturated heterocycles. The number of aliphatic hydroxyl groups is 1. The molecular weight excluding hydrogens is 340 g/mol. The standard InChI is InChI=1S/C19H20N2O3.ClH/c22-18-10-21-12-5-11(18)6-13(21)8-14(7-12)24-19(23)16-9-20-17-4-2-1-3-15(16)17;/h1-4,7,9,11,13-14,18,20,22H,5-6,8,10H2;1H. The fourth-order valence-electron chi connectivity index (χ4n) is 4.55. The summed E-state index contributed by atoms with van der Waals surface area (Å²) in [5.41, 5.74) is 2.78. The van der Waals surface area contributed by atoms with E-state index >= 15 is 0 Å². The summed E-state index contributed by atoms with van der Waals surface area (Å²) in [5, 5.41) is 10.9. The second-order valence-corrected chi connectivity index (χ2v) is 7.16. The molecule has 5 nitrogen and oxygen atoms in total. The number of H-pyrrole nitrogens is 1. The van der Waals surface area contributed by atoms with Gasteiger partial charge in [0, 0.05) is 41.8 Å². The van der Waals surface area contributed by atoms with Crippen molar-refractivity contribution >= 4 is 29.3 Å². The zero-order valence-corrected chi connectivity index (χ0v) is 14.5. The number of nitrogens with one attached hydrogen (secondary N) is 1. The third kappa shape index (κ3) is 2.62. The maximum absolute atomic E-state index is 12.6. The lowest BCUT2D eigenvalue weighted by Gasteiger charge is -2.53. The van der Waals surface area contributed by atoms with Gasteiger partial charge >= 0.3 is 5.97 Å². The van der Waals surface area contributed by atoms with Gasteiger partial charge < -0.3 is 19.7 Å². The molecule has 0 amide bonds. The Labute approximate surface area is 152 Å². The maximum atomic E-state index is 12.6. The molecule has 6 rings (SSSR count). The number of carbonyl (C=O) groups is 1. The maximum Gasteiger partial charge on any atom is 0.340 e. The number of rotatable bonds is 2. The fraction of sp³-hybridized carbons (Fsp3) is 0.421. The molecule has 4 aliphatic heterocycles. The van der Waals surface area contributed by atoms with Crippen LogP contribution in [0.25, 0.3) is 10.9 Å². The number of allylic oxidation sites excluding steroid dienone is 1. The van der Waals surface area contributed by atoms with Gasteiger partial charge in [0.25, 0.3) is 0 Å². The second kappa shape index (κ2) is 6.07. The number of fused-ring (bicyclic) bond motifs is 2. The first kappa shape index (κ1) is 16.5. The average Bonchev–Trinajstić information content (AvgIpc) is 2.99. The van der Waals surface area contributed by atoms with Gasteiger partial charge in [-0.2, -0.15) is 0 Å². The van der Waals surface area contributed by atoms with E-state index in [1.54, 1.807) is 6.20 Å². The average molecular weight is 361 g/mol. The molecule has 0 aliphatic carbocycles. The zero-order valence-electron chi connectivity index (χ0n) is 13.7. The quantitative estimate of drug-likeness (QED) is 0.808. The van der Waals surface area contributed by atoms with Crippen LogP contribution in [0.2, 0.25) is 0 Å². The van der Waals surface area contributed by atoms with E-state index in [-0.39, 0.29) is 30.6 Å². The number of halogens is 1. The van der Waals surface area contributed by atoms with Gasteiger partial charge in [0.05, 0.1) is 11.7 Å². The van der Waals surface area contributed by atoms with Crippen molar-refractivity contribution in [2.45, 2.75) is 37.5 Å². The van der Waals surface area contributed by atoms with Crippen molar-refractivity contribution in [3.63, 3.8) is 0 Å². The number of benzene rings is 1. The number of hydrogen-bond acceptors (Lipinski definition) is 4. The highest BCUT2D eigenvalue weighted by Gasteiger charge is 2.45. The van der Waals surface area contributed by atoms with Crippen LogP contribution in [0.5, 0.6) is 0 Å². The number of hydrogen-bond donors (Lipinski definition) is 2. The first-order valence-corrected chi connectivity index (χ1v) is 8.61. The Hall–Kier alpha value is -1.98. The van der Waals surface area contributed by atoms with E-state index in [1.807, 2.05) is 24.3 Å². The first-order chi connectivity index (χ1) is 11.7. The molecule has 4 atom stereocenters. The van der Waals surface area contributed by atoms with Crippen LogP contribution >= 0.6 is 12.4 Å². The largest absolute Gasteiger partial charge is 0.454 e. The number of esters is 1. The lowest BCUT2D eigenvalue weighted by atomic mass is 9.75. The molecule has 1 aromatic heterocycles. The molecule has 25 heavy (non-hydrogen) atoms. The van der Waals surface area contributed by atoms with Crippen LogP contribution in [0.3, 0.4) is 0 Å². The fourth-order valence-corrected chi connectivity index (χ4v) is 4.55. The summed E-state index contributed by atoms with van der Waals surface area (Å²) in [6.07, 6.45) is 6.16. The van der Waals surface area contributed by atoms with Crippen LogP contribution in [0.1, 0.15) is 29.6 Å². The SMILES string of the molecule is Cl.O=C(OC1C=C2CC3CC(C1)N2CC3O)c1c[nH]c2ccccc12. The molecule has 4 aliphatic rings. The highest BCUT2D eigenvalue weighted by molar-refractivity contribution is 6.04. The van der Waals surface area contributed by atoms with Crippen molar-refractivity contribution < 1.29 is 14.6 Å². The number of aromatic amines is 1. The number of aliphatic hydroxyl groups excluding tert-OH is 1. The van der Waals surface area contributed by atoms with Crippen molar-refractivity contribution in [1.82, 2.24) is 9.88 Å². The number of nitrogens with zero attached hydrogens (tertiary/aromatic N) is 1.